The van der Waals surface area contributed by atoms with E-state index in [-0.39, 0.29) is 31.6 Å². The molecule has 1 aliphatic carbocycles. The third-order valence-corrected chi connectivity index (χ3v) is 7.15. The van der Waals surface area contributed by atoms with Gasteiger partial charge < -0.3 is 19.3 Å². The molecule has 0 heterocycles. The third-order valence-electron chi connectivity index (χ3n) is 7.15. The van der Waals surface area contributed by atoms with Gasteiger partial charge >= 0.3 is 11.9 Å². The van der Waals surface area contributed by atoms with Gasteiger partial charge in [0, 0.05) is 12.8 Å². The highest BCUT2D eigenvalue weighted by Crippen LogP contribution is 2.48. The molecule has 0 saturated heterocycles. The number of carbonyl (C=O) groups excluding carboxylic acids is 3. The molecule has 1 N–H and O–H groups in total. The Morgan fingerprint density at radius 1 is 0.971 bits per heavy atom. The van der Waals surface area contributed by atoms with Crippen molar-refractivity contribution in [2.75, 3.05) is 31.6 Å². The second-order valence-electron chi connectivity index (χ2n) is 9.29. The molecule has 0 radical (unpaired) electrons. The number of likely N-dealkylation sites (N-methyl/N-ethyl adjacent to an activating group) is 1. The molecule has 1 fully saturated rings. The topological polar surface area (TPSA) is 81.7 Å². The van der Waals surface area contributed by atoms with Crippen LogP contribution >= 0.6 is 0 Å². The Bertz CT molecular complexity index is 1070. The van der Waals surface area contributed by atoms with Gasteiger partial charge in [-0.1, -0.05) is 36.4 Å². The third kappa shape index (κ3) is 5.56. The van der Waals surface area contributed by atoms with E-state index in [1.165, 1.54) is 0 Å². The van der Waals surface area contributed by atoms with Crippen LogP contribution in [0, 0.1) is 13.8 Å². The van der Waals surface area contributed by atoms with Crippen LogP contribution in [0.25, 0.3) is 0 Å². The van der Waals surface area contributed by atoms with Crippen molar-refractivity contribution in [2.24, 2.45) is 0 Å². The van der Waals surface area contributed by atoms with E-state index in [1.807, 2.05) is 64.1 Å². The minimum absolute atomic E-state index is 0.116. The van der Waals surface area contributed by atoms with Crippen LogP contribution in [0.15, 0.2) is 42.5 Å². The lowest BCUT2D eigenvalue weighted by Crippen LogP contribution is -2.64. The zero-order chi connectivity index (χ0) is 25.6. The molecule has 0 aromatic heterocycles. The minimum atomic E-state index is -0.738. The molecule has 3 rings (SSSR count). The second-order valence-corrected chi connectivity index (χ2v) is 9.29. The average molecular weight is 482 g/mol. The summed E-state index contributed by atoms with van der Waals surface area (Å²) in [4.78, 5) is 39.3. The number of amides is 1. The first-order valence-electron chi connectivity index (χ1n) is 12.4. The highest BCUT2D eigenvalue weighted by molar-refractivity contribution is 6.06. The van der Waals surface area contributed by atoms with Gasteiger partial charge in [-0.25, -0.2) is 9.59 Å². The van der Waals surface area contributed by atoms with E-state index in [0.29, 0.717) is 41.7 Å². The first kappa shape index (κ1) is 26.4. The smallest absolute Gasteiger partial charge is 0.362 e. The Morgan fingerprint density at radius 3 is 2.20 bits per heavy atom. The fourth-order valence-electron chi connectivity index (χ4n) is 5.00. The zero-order valence-electron chi connectivity index (χ0n) is 21.5. The van der Waals surface area contributed by atoms with Crippen molar-refractivity contribution in [1.82, 2.24) is 0 Å². The number of anilines is 1. The Kier molecular flexibility index (Phi) is 8.33. The highest BCUT2D eigenvalue weighted by atomic mass is 16.5. The van der Waals surface area contributed by atoms with Crippen LogP contribution in [-0.4, -0.2) is 54.1 Å². The summed E-state index contributed by atoms with van der Waals surface area (Å²) in [6.45, 7) is 11.3. The number of ether oxygens (including phenoxy) is 2. The molecule has 7 heteroatoms. The SMILES string of the molecule is CCOC(=O)c1cc(C)cc(C)c1NC(=O)C1([N+](CC)(CC)CC(=O)OCc2ccccc2)CC1. The van der Waals surface area contributed by atoms with Gasteiger partial charge in [0.25, 0.3) is 5.91 Å². The van der Waals surface area contributed by atoms with Gasteiger partial charge in [-0.05, 0) is 57.4 Å². The van der Waals surface area contributed by atoms with Crippen LogP contribution in [0.4, 0.5) is 5.69 Å². The Morgan fingerprint density at radius 2 is 1.63 bits per heavy atom. The Hall–Kier alpha value is -3.19. The minimum Gasteiger partial charge on any atom is -0.462 e. The molecule has 0 spiro atoms. The highest BCUT2D eigenvalue weighted by Gasteiger charge is 2.65. The van der Waals surface area contributed by atoms with Crippen LogP contribution in [0.5, 0.6) is 0 Å². The summed E-state index contributed by atoms with van der Waals surface area (Å²) in [6.07, 6.45) is 1.35. The molecule has 0 atom stereocenters. The maximum absolute atomic E-state index is 13.8. The summed E-state index contributed by atoms with van der Waals surface area (Å²) >= 11 is 0. The van der Waals surface area contributed by atoms with E-state index >= 15 is 0 Å². The lowest BCUT2D eigenvalue weighted by molar-refractivity contribution is -0.942. The monoisotopic (exact) mass is 481 g/mol. The van der Waals surface area contributed by atoms with Gasteiger partial charge in [-0.2, -0.15) is 0 Å². The van der Waals surface area contributed by atoms with Crippen molar-refractivity contribution in [3.05, 3.63) is 64.7 Å². The predicted molar refractivity (Wildman–Crippen MR) is 135 cm³/mol. The Balaban J connectivity index is 1.82. The quantitative estimate of drug-likeness (QED) is 0.376. The maximum atomic E-state index is 13.8. The second kappa shape index (κ2) is 11.0. The first-order valence-corrected chi connectivity index (χ1v) is 12.4. The zero-order valence-corrected chi connectivity index (χ0v) is 21.5. The van der Waals surface area contributed by atoms with Crippen molar-refractivity contribution >= 4 is 23.5 Å². The van der Waals surface area contributed by atoms with Gasteiger partial charge in [0.15, 0.2) is 12.1 Å². The normalized spacial score (nSPS) is 14.2. The van der Waals surface area contributed by atoms with E-state index in [2.05, 4.69) is 5.32 Å². The van der Waals surface area contributed by atoms with Crippen molar-refractivity contribution in [3.63, 3.8) is 0 Å². The number of hydrogen-bond donors (Lipinski definition) is 1. The van der Waals surface area contributed by atoms with Gasteiger partial charge in [0.1, 0.15) is 6.61 Å². The summed E-state index contributed by atoms with van der Waals surface area (Å²) in [6, 6.07) is 13.2. The number of hydrogen-bond acceptors (Lipinski definition) is 5. The molecule has 1 aliphatic rings. The molecule has 0 bridgehead atoms. The number of rotatable bonds is 11. The van der Waals surface area contributed by atoms with Gasteiger partial charge in [-0.3, -0.25) is 4.79 Å². The van der Waals surface area contributed by atoms with Crippen molar-refractivity contribution in [2.45, 2.75) is 59.6 Å². The molecule has 1 saturated carbocycles. The van der Waals surface area contributed by atoms with Gasteiger partial charge in [0.2, 0.25) is 0 Å². The summed E-state index contributed by atoms with van der Waals surface area (Å²) in [7, 11) is 0. The summed E-state index contributed by atoms with van der Waals surface area (Å²) in [5.41, 5.74) is 2.72. The van der Waals surface area contributed by atoms with Gasteiger partial charge in [-0.15, -0.1) is 0 Å². The van der Waals surface area contributed by atoms with Crippen molar-refractivity contribution < 1.29 is 28.3 Å². The molecule has 2 aromatic carbocycles. The summed E-state index contributed by atoms with van der Waals surface area (Å²) in [5, 5.41) is 3.05. The molecular formula is C28H37N2O5+. The van der Waals surface area contributed by atoms with Crippen LogP contribution in [-0.2, 0) is 25.7 Å². The van der Waals surface area contributed by atoms with Crippen LogP contribution in [0.3, 0.4) is 0 Å². The average Bonchev–Trinajstić information content (AvgIpc) is 3.66. The number of esters is 2. The number of nitrogens with one attached hydrogen (secondary N) is 1. The standard InChI is InChI=1S/C28H36N2O5/c1-6-30(7-2,18-24(31)35-19-22-12-10-9-11-13-22)28(14-15-28)27(33)29-25-21(5)16-20(4)17-23(25)26(32)34-8-3/h9-13,16-17H,6-8,14-15,18-19H2,1-5H3/p+1. The number of benzene rings is 2. The van der Waals surface area contributed by atoms with Crippen molar-refractivity contribution in [3.8, 4) is 0 Å². The molecule has 2 aromatic rings. The summed E-state index contributed by atoms with van der Waals surface area (Å²) in [5.74, 6) is -0.958. The lowest BCUT2D eigenvalue weighted by Gasteiger charge is -2.42. The Labute approximate surface area is 208 Å². The van der Waals surface area contributed by atoms with E-state index in [9.17, 15) is 14.4 Å². The van der Waals surface area contributed by atoms with Crippen LogP contribution in [0.2, 0.25) is 0 Å². The van der Waals surface area contributed by atoms with E-state index in [4.69, 9.17) is 9.47 Å². The fourth-order valence-corrected chi connectivity index (χ4v) is 5.00. The first-order chi connectivity index (χ1) is 16.7. The van der Waals surface area contributed by atoms with Crippen LogP contribution in [0.1, 0.15) is 60.7 Å². The molecular weight excluding hydrogens is 444 g/mol. The number of aryl methyl sites for hydroxylation is 2. The van der Waals surface area contributed by atoms with Crippen LogP contribution < -0.4 is 5.32 Å². The molecule has 1 amide bonds. The van der Waals surface area contributed by atoms with E-state index < -0.39 is 11.5 Å². The van der Waals surface area contributed by atoms with E-state index in [0.717, 1.165) is 16.7 Å². The number of carbonyl (C=O) groups is 3. The van der Waals surface area contributed by atoms with E-state index in [1.54, 1.807) is 13.0 Å². The molecule has 0 aliphatic heterocycles. The molecule has 7 nitrogen and oxygen atoms in total. The molecule has 188 valence electrons. The maximum Gasteiger partial charge on any atom is 0.362 e. The largest absolute Gasteiger partial charge is 0.462 e. The van der Waals surface area contributed by atoms with Gasteiger partial charge in [0.05, 0.1) is 30.9 Å². The summed E-state index contributed by atoms with van der Waals surface area (Å²) < 4.78 is 11.1. The number of quaternary nitrogens is 1. The molecule has 35 heavy (non-hydrogen) atoms. The van der Waals surface area contributed by atoms with Crippen molar-refractivity contribution in [1.29, 1.82) is 0 Å². The molecule has 0 unspecified atom stereocenters. The number of nitrogens with zero attached hydrogens (tertiary/aromatic N) is 1. The predicted octanol–water partition coefficient (Wildman–Crippen LogP) is 4.55. The fraction of sp³-hybridized carbons (Fsp3) is 0.464. The lowest BCUT2D eigenvalue weighted by atomic mass is 10.0.